The minimum atomic E-state index is 0.0898. The first-order chi connectivity index (χ1) is 11.8. The molecule has 0 spiro atoms. The molecule has 1 atom stereocenters. The molecule has 24 heavy (non-hydrogen) atoms. The third-order valence-electron chi connectivity index (χ3n) is 4.80. The lowest BCUT2D eigenvalue weighted by atomic mass is 10.0. The highest BCUT2D eigenvalue weighted by Crippen LogP contribution is 2.41. The first-order valence-electron chi connectivity index (χ1n) is 8.43. The number of benzene rings is 3. The monoisotopic (exact) mass is 315 g/mol. The van der Waals surface area contributed by atoms with E-state index in [1.165, 1.54) is 22.4 Å². The van der Waals surface area contributed by atoms with E-state index in [9.17, 15) is 5.11 Å². The van der Waals surface area contributed by atoms with E-state index in [-0.39, 0.29) is 6.61 Å². The molecular formula is C22H21NO. The van der Waals surface area contributed by atoms with E-state index in [2.05, 4.69) is 71.6 Å². The van der Waals surface area contributed by atoms with Crippen molar-refractivity contribution in [2.45, 2.75) is 25.6 Å². The van der Waals surface area contributed by atoms with Crippen molar-refractivity contribution in [1.29, 1.82) is 0 Å². The molecule has 1 aliphatic heterocycles. The Hall–Kier alpha value is -2.58. The number of aliphatic hydroxyl groups is 1. The zero-order valence-corrected chi connectivity index (χ0v) is 13.6. The number of para-hydroxylation sites is 1. The summed E-state index contributed by atoms with van der Waals surface area (Å²) in [5.41, 5.74) is 6.29. The Kier molecular flexibility index (Phi) is 4.06. The van der Waals surface area contributed by atoms with E-state index in [1.54, 1.807) is 0 Å². The van der Waals surface area contributed by atoms with Gasteiger partial charge < -0.3 is 10.0 Å². The van der Waals surface area contributed by atoms with Crippen LogP contribution in [-0.4, -0.2) is 5.11 Å². The number of hydrogen-bond acceptors (Lipinski definition) is 2. The summed E-state index contributed by atoms with van der Waals surface area (Å²) in [6, 6.07) is 28.0. The van der Waals surface area contributed by atoms with Crippen molar-refractivity contribution in [3.63, 3.8) is 0 Å². The van der Waals surface area contributed by atoms with E-state index in [1.807, 2.05) is 12.1 Å². The quantitative estimate of drug-likeness (QED) is 0.767. The van der Waals surface area contributed by atoms with Crippen molar-refractivity contribution in [2.75, 3.05) is 4.90 Å². The fourth-order valence-corrected chi connectivity index (χ4v) is 3.64. The summed E-state index contributed by atoms with van der Waals surface area (Å²) < 4.78 is 0. The SMILES string of the molecule is OCc1cccc(CN2c3ccccc3CC2c2ccccc2)c1. The van der Waals surface area contributed by atoms with Gasteiger partial charge >= 0.3 is 0 Å². The van der Waals surface area contributed by atoms with Crippen LogP contribution in [0.3, 0.4) is 0 Å². The number of nitrogens with zero attached hydrogens (tertiary/aromatic N) is 1. The van der Waals surface area contributed by atoms with Crippen LogP contribution in [0.25, 0.3) is 0 Å². The van der Waals surface area contributed by atoms with E-state index in [0.717, 1.165) is 18.5 Å². The van der Waals surface area contributed by atoms with Gasteiger partial charge in [-0.3, -0.25) is 0 Å². The summed E-state index contributed by atoms with van der Waals surface area (Å²) in [5.74, 6) is 0. The molecular weight excluding hydrogens is 294 g/mol. The lowest BCUT2D eigenvalue weighted by Gasteiger charge is -2.28. The molecule has 1 N–H and O–H groups in total. The first kappa shape index (κ1) is 15.0. The van der Waals surface area contributed by atoms with Gasteiger partial charge in [-0.05, 0) is 34.7 Å². The molecule has 4 rings (SSSR count). The molecule has 0 bridgehead atoms. The summed E-state index contributed by atoms with van der Waals surface area (Å²) in [4.78, 5) is 2.49. The van der Waals surface area contributed by atoms with Crippen molar-refractivity contribution < 1.29 is 5.11 Å². The second kappa shape index (κ2) is 6.50. The topological polar surface area (TPSA) is 23.5 Å². The van der Waals surface area contributed by atoms with Crippen LogP contribution in [0.1, 0.15) is 28.3 Å². The molecule has 0 fully saturated rings. The molecule has 3 aromatic carbocycles. The van der Waals surface area contributed by atoms with Crippen LogP contribution in [0, 0.1) is 0 Å². The van der Waals surface area contributed by atoms with Gasteiger partial charge in [0.1, 0.15) is 0 Å². The van der Waals surface area contributed by atoms with Gasteiger partial charge in [0.2, 0.25) is 0 Å². The van der Waals surface area contributed by atoms with Crippen LogP contribution in [-0.2, 0) is 19.6 Å². The summed E-state index contributed by atoms with van der Waals surface area (Å²) in [6.07, 6.45) is 1.04. The Labute approximate surface area is 143 Å². The Morgan fingerprint density at radius 2 is 1.58 bits per heavy atom. The molecule has 1 heterocycles. The summed E-state index contributed by atoms with van der Waals surface area (Å²) in [7, 11) is 0. The van der Waals surface area contributed by atoms with E-state index in [4.69, 9.17) is 0 Å². The summed E-state index contributed by atoms with van der Waals surface area (Å²) in [6.45, 7) is 0.941. The van der Waals surface area contributed by atoms with Crippen LogP contribution in [0.2, 0.25) is 0 Å². The standard InChI is InChI=1S/C22H21NO/c24-16-18-8-6-7-17(13-18)15-23-21-12-5-4-11-20(21)14-22(23)19-9-2-1-3-10-19/h1-13,22,24H,14-16H2. The number of hydrogen-bond donors (Lipinski definition) is 1. The molecule has 0 aliphatic carbocycles. The smallest absolute Gasteiger partial charge is 0.0681 e. The maximum absolute atomic E-state index is 9.40. The Bertz CT molecular complexity index is 828. The van der Waals surface area contributed by atoms with Gasteiger partial charge in [-0.2, -0.15) is 0 Å². The van der Waals surface area contributed by atoms with Crippen LogP contribution < -0.4 is 4.90 Å². The zero-order valence-electron chi connectivity index (χ0n) is 13.6. The number of fused-ring (bicyclic) bond motifs is 1. The molecule has 0 saturated heterocycles. The molecule has 1 unspecified atom stereocenters. The van der Waals surface area contributed by atoms with Gasteiger partial charge in [-0.15, -0.1) is 0 Å². The molecule has 1 aliphatic rings. The van der Waals surface area contributed by atoms with Gasteiger partial charge in [-0.25, -0.2) is 0 Å². The Morgan fingerprint density at radius 1 is 0.833 bits per heavy atom. The van der Waals surface area contributed by atoms with E-state index >= 15 is 0 Å². The minimum Gasteiger partial charge on any atom is -0.392 e. The van der Waals surface area contributed by atoms with Crippen molar-refractivity contribution in [3.05, 3.63) is 101 Å². The second-order valence-electron chi connectivity index (χ2n) is 6.37. The van der Waals surface area contributed by atoms with Crippen LogP contribution in [0.5, 0.6) is 0 Å². The van der Waals surface area contributed by atoms with Gasteiger partial charge in [0.25, 0.3) is 0 Å². The summed E-state index contributed by atoms with van der Waals surface area (Å²) in [5, 5.41) is 9.40. The van der Waals surface area contributed by atoms with Gasteiger partial charge in [0.05, 0.1) is 12.6 Å². The van der Waals surface area contributed by atoms with Gasteiger partial charge in [0, 0.05) is 12.2 Å². The van der Waals surface area contributed by atoms with Crippen LogP contribution in [0.4, 0.5) is 5.69 Å². The molecule has 0 aromatic heterocycles. The maximum Gasteiger partial charge on any atom is 0.0681 e. The average molecular weight is 315 g/mol. The predicted octanol–water partition coefficient (Wildman–Crippen LogP) is 4.48. The lowest BCUT2D eigenvalue weighted by molar-refractivity contribution is 0.281. The fraction of sp³-hybridized carbons (Fsp3) is 0.182. The highest BCUT2D eigenvalue weighted by molar-refractivity contribution is 5.61. The molecule has 2 heteroatoms. The van der Waals surface area contributed by atoms with Crippen LogP contribution in [0.15, 0.2) is 78.9 Å². The molecule has 0 amide bonds. The van der Waals surface area contributed by atoms with Crippen molar-refractivity contribution >= 4 is 5.69 Å². The first-order valence-corrected chi connectivity index (χ1v) is 8.43. The Balaban J connectivity index is 1.71. The third kappa shape index (κ3) is 2.81. The minimum absolute atomic E-state index is 0.0898. The largest absolute Gasteiger partial charge is 0.392 e. The number of rotatable bonds is 4. The second-order valence-corrected chi connectivity index (χ2v) is 6.37. The molecule has 120 valence electrons. The number of anilines is 1. The van der Waals surface area contributed by atoms with E-state index < -0.39 is 0 Å². The highest BCUT2D eigenvalue weighted by atomic mass is 16.3. The predicted molar refractivity (Wildman–Crippen MR) is 97.9 cm³/mol. The normalized spacial score (nSPS) is 16.2. The van der Waals surface area contributed by atoms with Crippen molar-refractivity contribution in [1.82, 2.24) is 0 Å². The zero-order chi connectivity index (χ0) is 16.4. The lowest BCUT2D eigenvalue weighted by Crippen LogP contribution is -2.24. The fourth-order valence-electron chi connectivity index (χ4n) is 3.64. The number of aliphatic hydroxyl groups excluding tert-OH is 1. The molecule has 0 saturated carbocycles. The van der Waals surface area contributed by atoms with Crippen molar-refractivity contribution in [3.8, 4) is 0 Å². The van der Waals surface area contributed by atoms with Gasteiger partial charge in [0.15, 0.2) is 0 Å². The Morgan fingerprint density at radius 3 is 2.42 bits per heavy atom. The van der Waals surface area contributed by atoms with Crippen molar-refractivity contribution in [2.24, 2.45) is 0 Å². The highest BCUT2D eigenvalue weighted by Gasteiger charge is 2.29. The third-order valence-corrected chi connectivity index (χ3v) is 4.80. The molecule has 0 radical (unpaired) electrons. The van der Waals surface area contributed by atoms with E-state index in [0.29, 0.717) is 6.04 Å². The summed E-state index contributed by atoms with van der Waals surface area (Å²) >= 11 is 0. The van der Waals surface area contributed by atoms with Gasteiger partial charge in [-0.1, -0.05) is 72.8 Å². The van der Waals surface area contributed by atoms with Crippen LogP contribution >= 0.6 is 0 Å². The molecule has 3 aromatic rings. The molecule has 2 nitrogen and oxygen atoms in total. The average Bonchev–Trinajstić information content (AvgIpc) is 3.01. The maximum atomic E-state index is 9.40.